The molecule has 0 aromatic carbocycles. The molecule has 3 rings (SSSR count). The zero-order chi connectivity index (χ0) is 13.8. The number of rotatable bonds is 3. The van der Waals surface area contributed by atoms with E-state index in [0.29, 0.717) is 10.6 Å². The Morgan fingerprint density at radius 2 is 1.53 bits per heavy atom. The van der Waals surface area contributed by atoms with Crippen LogP contribution < -0.4 is 0 Å². The van der Waals surface area contributed by atoms with Crippen molar-refractivity contribution in [2.24, 2.45) is 35.0 Å². The van der Waals surface area contributed by atoms with Crippen molar-refractivity contribution >= 4 is 15.7 Å². The van der Waals surface area contributed by atoms with E-state index in [1.165, 1.54) is 12.8 Å². The summed E-state index contributed by atoms with van der Waals surface area (Å²) in [5, 5.41) is 0.508. The molecule has 5 unspecified atom stereocenters. The Hall–Kier alpha value is 0.130. The van der Waals surface area contributed by atoms with Gasteiger partial charge in [-0.2, -0.15) is 0 Å². The molecule has 3 aliphatic carbocycles. The Morgan fingerprint density at radius 1 is 0.895 bits per heavy atom. The third-order valence-electron chi connectivity index (χ3n) is 8.33. The minimum absolute atomic E-state index is 0.488. The first-order chi connectivity index (χ1) is 8.87. The first kappa shape index (κ1) is 14.1. The van der Waals surface area contributed by atoms with Gasteiger partial charge in [-0.1, -0.05) is 38.8 Å². The summed E-state index contributed by atoms with van der Waals surface area (Å²) in [7, 11) is 5.13. The molecular weight excluding hydrogens is 226 g/mol. The van der Waals surface area contributed by atoms with Gasteiger partial charge in [0.15, 0.2) is 0 Å². The fraction of sp³-hybridized carbons (Fsp3) is 1.00. The lowest BCUT2D eigenvalue weighted by Crippen LogP contribution is -2.43. The monoisotopic (exact) mass is 258 g/mol. The zero-order valence-corrected chi connectivity index (χ0v) is 13.8. The maximum atomic E-state index is 2.56. The summed E-state index contributed by atoms with van der Waals surface area (Å²) in [6.07, 6.45) is 10.7. The molecular formula is C17H32B2. The van der Waals surface area contributed by atoms with Crippen molar-refractivity contribution in [3.63, 3.8) is 0 Å². The quantitative estimate of drug-likeness (QED) is 0.681. The van der Waals surface area contributed by atoms with Crippen LogP contribution in [0.5, 0.6) is 0 Å². The van der Waals surface area contributed by atoms with E-state index in [2.05, 4.69) is 36.5 Å². The van der Waals surface area contributed by atoms with Gasteiger partial charge in [0.1, 0.15) is 15.7 Å². The lowest BCUT2D eigenvalue weighted by molar-refractivity contribution is 0.0827. The summed E-state index contributed by atoms with van der Waals surface area (Å²) >= 11 is 0. The molecule has 106 valence electrons. The van der Waals surface area contributed by atoms with Crippen molar-refractivity contribution in [3.8, 4) is 0 Å². The second kappa shape index (κ2) is 4.57. The number of hydrogen-bond donors (Lipinski definition) is 0. The van der Waals surface area contributed by atoms with Crippen molar-refractivity contribution in [3.05, 3.63) is 0 Å². The van der Waals surface area contributed by atoms with Crippen molar-refractivity contribution in [1.82, 2.24) is 0 Å². The smallest absolute Gasteiger partial charge is 0.0769 e. The van der Waals surface area contributed by atoms with Gasteiger partial charge in [-0.05, 0) is 67.1 Å². The molecule has 0 aliphatic heterocycles. The molecule has 0 heterocycles. The first-order valence-electron chi connectivity index (χ1n) is 8.87. The van der Waals surface area contributed by atoms with E-state index >= 15 is 0 Å². The van der Waals surface area contributed by atoms with E-state index < -0.39 is 0 Å². The third-order valence-corrected chi connectivity index (χ3v) is 8.33. The minimum atomic E-state index is 0.488. The Bertz CT molecular complexity index is 347. The molecule has 0 aromatic rings. The highest BCUT2D eigenvalue weighted by Gasteiger charge is 2.52. The van der Waals surface area contributed by atoms with Gasteiger partial charge in [-0.3, -0.25) is 0 Å². The number of fused-ring (bicyclic) bond motifs is 5. The van der Waals surface area contributed by atoms with Crippen molar-refractivity contribution in [2.45, 2.75) is 70.9 Å². The van der Waals surface area contributed by atoms with Crippen LogP contribution in [0.2, 0.25) is 5.21 Å². The Kier molecular flexibility index (Phi) is 3.39. The highest BCUT2D eigenvalue weighted by Crippen LogP contribution is 2.62. The van der Waals surface area contributed by atoms with Crippen LogP contribution in [0.15, 0.2) is 0 Å². The fourth-order valence-corrected chi connectivity index (χ4v) is 5.85. The Balaban J connectivity index is 1.74. The van der Waals surface area contributed by atoms with E-state index in [9.17, 15) is 0 Å². The van der Waals surface area contributed by atoms with Gasteiger partial charge in [0.25, 0.3) is 0 Å². The third kappa shape index (κ3) is 2.04. The molecule has 0 aromatic heterocycles. The van der Waals surface area contributed by atoms with Crippen LogP contribution in [-0.4, -0.2) is 15.7 Å². The first-order valence-corrected chi connectivity index (χ1v) is 8.87. The maximum absolute atomic E-state index is 2.56. The van der Waals surface area contributed by atoms with Gasteiger partial charge >= 0.3 is 0 Å². The second-order valence-corrected chi connectivity index (χ2v) is 9.13. The molecule has 0 amide bonds. The summed E-state index contributed by atoms with van der Waals surface area (Å²) in [6.45, 7) is 7.38. The highest BCUT2D eigenvalue weighted by atomic mass is 14.6. The molecule has 2 bridgehead atoms. The molecule has 19 heavy (non-hydrogen) atoms. The van der Waals surface area contributed by atoms with Gasteiger partial charge in [0.05, 0.1) is 0 Å². The normalized spacial score (nSPS) is 42.4. The highest BCUT2D eigenvalue weighted by molar-refractivity contribution is 6.40. The molecule has 0 N–H and O–H groups in total. The van der Waals surface area contributed by atoms with E-state index in [-0.39, 0.29) is 0 Å². The van der Waals surface area contributed by atoms with Crippen LogP contribution in [0.3, 0.4) is 0 Å². The summed E-state index contributed by atoms with van der Waals surface area (Å²) < 4.78 is 0. The predicted molar refractivity (Wildman–Crippen MR) is 89.0 cm³/mol. The van der Waals surface area contributed by atoms with Crippen LogP contribution in [0, 0.1) is 35.0 Å². The van der Waals surface area contributed by atoms with E-state index in [1.807, 2.05) is 0 Å². The number of hydrogen-bond acceptors (Lipinski definition) is 0. The summed E-state index contributed by atoms with van der Waals surface area (Å²) in [6, 6.07) is 0. The zero-order valence-electron chi connectivity index (χ0n) is 13.8. The lowest BCUT2D eigenvalue weighted by Gasteiger charge is -2.52. The second-order valence-electron chi connectivity index (χ2n) is 9.13. The topological polar surface area (TPSA) is 0 Å². The maximum Gasteiger partial charge on any atom is 0.100 e. The van der Waals surface area contributed by atoms with Gasteiger partial charge in [-0.15, -0.1) is 0 Å². The van der Waals surface area contributed by atoms with Crippen LogP contribution in [-0.2, 0) is 0 Å². The molecule has 5 atom stereocenters. The molecule has 0 saturated heterocycles. The largest absolute Gasteiger partial charge is 0.100 e. The molecule has 3 saturated carbocycles. The lowest BCUT2D eigenvalue weighted by atomic mass is 9.35. The van der Waals surface area contributed by atoms with Crippen LogP contribution >= 0.6 is 0 Å². The van der Waals surface area contributed by atoms with Gasteiger partial charge < -0.3 is 0 Å². The SMILES string of the molecule is BC(B)(C1CCC2C3CCC(C3)C2C1)C(C)(C)CC. The van der Waals surface area contributed by atoms with Gasteiger partial charge in [-0.25, -0.2) is 0 Å². The molecule has 2 heteroatoms. The van der Waals surface area contributed by atoms with Crippen LogP contribution in [0.25, 0.3) is 0 Å². The summed E-state index contributed by atoms with van der Waals surface area (Å²) in [4.78, 5) is 0. The molecule has 0 radical (unpaired) electrons. The fourth-order valence-electron chi connectivity index (χ4n) is 5.85. The van der Waals surface area contributed by atoms with E-state index in [0.717, 1.165) is 29.6 Å². The van der Waals surface area contributed by atoms with Gasteiger partial charge in [0, 0.05) is 0 Å². The predicted octanol–water partition coefficient (Wildman–Crippen LogP) is 3.27. The van der Waals surface area contributed by atoms with Crippen molar-refractivity contribution < 1.29 is 0 Å². The molecule has 3 fully saturated rings. The average Bonchev–Trinajstić information content (AvgIpc) is 2.99. The van der Waals surface area contributed by atoms with Crippen LogP contribution in [0.4, 0.5) is 0 Å². The summed E-state index contributed by atoms with van der Waals surface area (Å²) in [5.41, 5.74) is 0.488. The van der Waals surface area contributed by atoms with Gasteiger partial charge in [0.2, 0.25) is 0 Å². The Labute approximate surface area is 122 Å². The van der Waals surface area contributed by atoms with E-state index in [4.69, 9.17) is 0 Å². The van der Waals surface area contributed by atoms with Crippen LogP contribution in [0.1, 0.15) is 65.7 Å². The van der Waals surface area contributed by atoms with Crippen molar-refractivity contribution in [2.75, 3.05) is 0 Å². The average molecular weight is 258 g/mol. The summed E-state index contributed by atoms with van der Waals surface area (Å²) in [5.74, 6) is 5.49. The molecule has 0 spiro atoms. The van der Waals surface area contributed by atoms with E-state index in [1.54, 1.807) is 32.1 Å². The Morgan fingerprint density at radius 3 is 2.16 bits per heavy atom. The molecule has 0 nitrogen and oxygen atoms in total. The minimum Gasteiger partial charge on any atom is -0.0769 e. The molecule has 3 aliphatic rings. The van der Waals surface area contributed by atoms with Crippen molar-refractivity contribution in [1.29, 1.82) is 0 Å². The standard InChI is InChI=1S/C17H32B2/c1-4-16(2,3)17(18,19)13-7-8-14-11-5-6-12(9-11)15(14)10-13/h11-15H,4-10,18-19H2,1-3H3.